The number of nitrogens with zero attached hydrogens (tertiary/aromatic N) is 2. The Kier molecular flexibility index (Phi) is 3.59. The van der Waals surface area contributed by atoms with Crippen LogP contribution in [0.5, 0.6) is 0 Å². The van der Waals surface area contributed by atoms with Crippen molar-refractivity contribution < 1.29 is 0 Å². The van der Waals surface area contributed by atoms with Crippen molar-refractivity contribution in [2.45, 2.75) is 6.04 Å². The van der Waals surface area contributed by atoms with Crippen molar-refractivity contribution in [1.29, 1.82) is 0 Å². The molecule has 0 saturated carbocycles. The van der Waals surface area contributed by atoms with Gasteiger partial charge in [0.25, 0.3) is 0 Å². The van der Waals surface area contributed by atoms with Gasteiger partial charge in [-0.05, 0) is 41.5 Å². The Morgan fingerprint density at radius 2 is 1.67 bits per heavy atom. The summed E-state index contributed by atoms with van der Waals surface area (Å²) in [5.74, 6) is 0. The summed E-state index contributed by atoms with van der Waals surface area (Å²) in [5, 5.41) is 1.12. The highest BCUT2D eigenvalue weighted by Gasteiger charge is 2.10. The normalized spacial score (nSPS) is 12.3. The first kappa shape index (κ1) is 13.6. The second kappa shape index (κ2) is 5.54. The molecule has 0 spiro atoms. The van der Waals surface area contributed by atoms with E-state index in [0.717, 1.165) is 22.0 Å². The summed E-state index contributed by atoms with van der Waals surface area (Å²) in [6.45, 7) is 0. The molecule has 0 bridgehead atoms. The molecule has 0 aliphatic heterocycles. The largest absolute Gasteiger partial charge is 0.378 e. The Labute approximate surface area is 125 Å². The molecule has 2 aromatic carbocycles. The number of rotatable bonds is 3. The molecule has 2 N–H and O–H groups in total. The lowest BCUT2D eigenvalue weighted by Gasteiger charge is -2.16. The molecule has 106 valence electrons. The fourth-order valence-corrected chi connectivity index (χ4v) is 2.46. The molecular weight excluding hydrogens is 258 g/mol. The number of pyridine rings is 1. The summed E-state index contributed by atoms with van der Waals surface area (Å²) in [6.07, 6.45) is 1.81. The molecule has 1 unspecified atom stereocenters. The standard InChI is InChI=1S/C18H19N3/c1-21(2)16-8-5-13(6-9-16)18(19)15-7-10-17-14(12-15)4-3-11-20-17/h3-12,18H,19H2,1-2H3. The van der Waals surface area contributed by atoms with Gasteiger partial charge in [0.2, 0.25) is 0 Å². The summed E-state index contributed by atoms with van der Waals surface area (Å²) in [5.41, 5.74) is 10.8. The van der Waals surface area contributed by atoms with E-state index in [1.165, 1.54) is 5.69 Å². The molecule has 21 heavy (non-hydrogen) atoms. The van der Waals surface area contributed by atoms with Gasteiger partial charge in [-0.25, -0.2) is 0 Å². The van der Waals surface area contributed by atoms with E-state index in [4.69, 9.17) is 5.73 Å². The Bertz CT molecular complexity index is 748. The molecule has 3 aromatic rings. The zero-order valence-corrected chi connectivity index (χ0v) is 12.3. The molecular formula is C18H19N3. The van der Waals surface area contributed by atoms with Crippen LogP contribution in [0, 0.1) is 0 Å². The average Bonchev–Trinajstić information content (AvgIpc) is 2.54. The van der Waals surface area contributed by atoms with E-state index >= 15 is 0 Å². The topological polar surface area (TPSA) is 42.1 Å². The van der Waals surface area contributed by atoms with E-state index in [1.807, 2.05) is 32.4 Å². The van der Waals surface area contributed by atoms with Crippen LogP contribution in [0.4, 0.5) is 5.69 Å². The van der Waals surface area contributed by atoms with Gasteiger partial charge in [0, 0.05) is 31.4 Å². The summed E-state index contributed by atoms with van der Waals surface area (Å²) in [7, 11) is 4.07. The van der Waals surface area contributed by atoms with Gasteiger partial charge < -0.3 is 10.6 Å². The highest BCUT2D eigenvalue weighted by atomic mass is 15.1. The Balaban J connectivity index is 1.93. The number of hydrogen-bond acceptors (Lipinski definition) is 3. The number of anilines is 1. The minimum absolute atomic E-state index is 0.120. The quantitative estimate of drug-likeness (QED) is 0.798. The van der Waals surface area contributed by atoms with Gasteiger partial charge in [-0.2, -0.15) is 0 Å². The number of fused-ring (bicyclic) bond motifs is 1. The summed E-state index contributed by atoms with van der Waals surface area (Å²) in [4.78, 5) is 6.42. The minimum Gasteiger partial charge on any atom is -0.378 e. The Hall–Kier alpha value is -2.39. The van der Waals surface area contributed by atoms with Crippen LogP contribution in [-0.2, 0) is 0 Å². The maximum atomic E-state index is 6.40. The molecule has 1 heterocycles. The Morgan fingerprint density at radius 3 is 2.38 bits per heavy atom. The highest BCUT2D eigenvalue weighted by Crippen LogP contribution is 2.24. The summed E-state index contributed by atoms with van der Waals surface area (Å²) >= 11 is 0. The third-order valence-corrected chi connectivity index (χ3v) is 3.75. The maximum absolute atomic E-state index is 6.40. The van der Waals surface area contributed by atoms with Gasteiger partial charge in [-0.1, -0.05) is 24.3 Å². The molecule has 0 saturated heterocycles. The first-order valence-corrected chi connectivity index (χ1v) is 7.03. The van der Waals surface area contributed by atoms with Gasteiger partial charge in [-0.15, -0.1) is 0 Å². The van der Waals surface area contributed by atoms with Gasteiger partial charge in [-0.3, -0.25) is 4.98 Å². The number of benzene rings is 2. The van der Waals surface area contributed by atoms with Gasteiger partial charge in [0.15, 0.2) is 0 Å². The number of aromatic nitrogens is 1. The molecule has 0 aliphatic carbocycles. The van der Waals surface area contributed by atoms with Crippen molar-refractivity contribution in [2.75, 3.05) is 19.0 Å². The first-order chi connectivity index (χ1) is 10.1. The van der Waals surface area contributed by atoms with Crippen molar-refractivity contribution >= 4 is 16.6 Å². The van der Waals surface area contributed by atoms with E-state index in [1.54, 1.807) is 0 Å². The van der Waals surface area contributed by atoms with Crippen LogP contribution in [0.25, 0.3) is 10.9 Å². The van der Waals surface area contributed by atoms with Crippen LogP contribution in [0.3, 0.4) is 0 Å². The predicted molar refractivity (Wildman–Crippen MR) is 88.5 cm³/mol. The molecule has 3 heteroatoms. The average molecular weight is 277 g/mol. The molecule has 3 rings (SSSR count). The molecule has 3 nitrogen and oxygen atoms in total. The van der Waals surface area contributed by atoms with E-state index in [9.17, 15) is 0 Å². The SMILES string of the molecule is CN(C)c1ccc(C(N)c2ccc3ncccc3c2)cc1. The summed E-state index contributed by atoms with van der Waals surface area (Å²) in [6, 6.07) is 18.5. The monoisotopic (exact) mass is 277 g/mol. The van der Waals surface area contributed by atoms with Crippen LogP contribution < -0.4 is 10.6 Å². The van der Waals surface area contributed by atoms with E-state index in [0.29, 0.717) is 0 Å². The van der Waals surface area contributed by atoms with Crippen molar-refractivity contribution in [3.63, 3.8) is 0 Å². The number of nitrogens with two attached hydrogens (primary N) is 1. The van der Waals surface area contributed by atoms with Crippen molar-refractivity contribution in [3.8, 4) is 0 Å². The zero-order valence-electron chi connectivity index (χ0n) is 12.3. The highest BCUT2D eigenvalue weighted by molar-refractivity contribution is 5.79. The molecule has 0 fully saturated rings. The summed E-state index contributed by atoms with van der Waals surface area (Å²) < 4.78 is 0. The third kappa shape index (κ3) is 2.73. The van der Waals surface area contributed by atoms with Gasteiger partial charge in [0.05, 0.1) is 11.6 Å². The molecule has 0 radical (unpaired) electrons. The van der Waals surface area contributed by atoms with Crippen molar-refractivity contribution in [3.05, 3.63) is 71.9 Å². The second-order valence-corrected chi connectivity index (χ2v) is 5.42. The molecule has 0 amide bonds. The van der Waals surface area contributed by atoms with Crippen LogP contribution in [0.15, 0.2) is 60.8 Å². The van der Waals surface area contributed by atoms with Crippen molar-refractivity contribution in [1.82, 2.24) is 4.98 Å². The number of hydrogen-bond donors (Lipinski definition) is 1. The molecule has 1 atom stereocenters. The van der Waals surface area contributed by atoms with Crippen LogP contribution in [0.2, 0.25) is 0 Å². The lowest BCUT2D eigenvalue weighted by atomic mass is 9.98. The van der Waals surface area contributed by atoms with Gasteiger partial charge >= 0.3 is 0 Å². The fraction of sp³-hybridized carbons (Fsp3) is 0.167. The van der Waals surface area contributed by atoms with E-state index < -0.39 is 0 Å². The van der Waals surface area contributed by atoms with Crippen LogP contribution in [-0.4, -0.2) is 19.1 Å². The zero-order chi connectivity index (χ0) is 14.8. The molecule has 1 aromatic heterocycles. The smallest absolute Gasteiger partial charge is 0.0702 e. The van der Waals surface area contributed by atoms with E-state index in [-0.39, 0.29) is 6.04 Å². The molecule has 0 aliphatic rings. The van der Waals surface area contributed by atoms with Crippen LogP contribution in [0.1, 0.15) is 17.2 Å². The Morgan fingerprint density at radius 1 is 0.952 bits per heavy atom. The predicted octanol–water partition coefficient (Wildman–Crippen LogP) is 3.35. The third-order valence-electron chi connectivity index (χ3n) is 3.75. The first-order valence-electron chi connectivity index (χ1n) is 7.03. The lowest BCUT2D eigenvalue weighted by Crippen LogP contribution is -2.13. The van der Waals surface area contributed by atoms with E-state index in [2.05, 4.69) is 52.3 Å². The van der Waals surface area contributed by atoms with Crippen LogP contribution >= 0.6 is 0 Å². The second-order valence-electron chi connectivity index (χ2n) is 5.42. The van der Waals surface area contributed by atoms with Crippen molar-refractivity contribution in [2.24, 2.45) is 5.73 Å². The maximum Gasteiger partial charge on any atom is 0.0702 e. The lowest BCUT2D eigenvalue weighted by molar-refractivity contribution is 0.872. The fourth-order valence-electron chi connectivity index (χ4n) is 2.46. The van der Waals surface area contributed by atoms with Gasteiger partial charge in [0.1, 0.15) is 0 Å². The minimum atomic E-state index is -0.120.